The molecule has 0 aromatic heterocycles. The minimum absolute atomic E-state index is 0.0357. The molecule has 0 aliphatic heterocycles. The molecule has 0 aliphatic rings. The topological polar surface area (TPSA) is 60.8 Å². The molecule has 0 aliphatic carbocycles. The molecule has 0 radical (unpaired) electrons. The minimum Gasteiger partial charge on any atom is -0.396 e. The Labute approximate surface area is 126 Å². The SMILES string of the molecule is Cc1ccc(/C=C/CC(=O)N(C)CC(C)(CO)CO)cc1. The van der Waals surface area contributed by atoms with Gasteiger partial charge in [0.1, 0.15) is 0 Å². The Morgan fingerprint density at radius 3 is 2.33 bits per heavy atom. The highest BCUT2D eigenvalue weighted by molar-refractivity contribution is 5.78. The van der Waals surface area contributed by atoms with Crippen LogP contribution >= 0.6 is 0 Å². The van der Waals surface area contributed by atoms with Crippen molar-refractivity contribution in [3.05, 3.63) is 41.5 Å². The summed E-state index contributed by atoms with van der Waals surface area (Å²) in [6.07, 6.45) is 4.05. The second-order valence-corrected chi connectivity index (χ2v) is 5.89. The highest BCUT2D eigenvalue weighted by atomic mass is 16.3. The van der Waals surface area contributed by atoms with Gasteiger partial charge in [0.25, 0.3) is 0 Å². The summed E-state index contributed by atoms with van der Waals surface area (Å²) in [4.78, 5) is 13.6. The average Bonchev–Trinajstić information content (AvgIpc) is 2.48. The van der Waals surface area contributed by atoms with Gasteiger partial charge < -0.3 is 15.1 Å². The second-order valence-electron chi connectivity index (χ2n) is 5.89. The number of hydrogen-bond donors (Lipinski definition) is 2. The lowest BCUT2D eigenvalue weighted by molar-refractivity contribution is -0.131. The van der Waals surface area contributed by atoms with Crippen LogP contribution in [0.1, 0.15) is 24.5 Å². The van der Waals surface area contributed by atoms with E-state index < -0.39 is 5.41 Å². The molecule has 0 bridgehead atoms. The van der Waals surface area contributed by atoms with Gasteiger partial charge in [-0.2, -0.15) is 0 Å². The molecule has 4 heteroatoms. The Balaban J connectivity index is 2.51. The fourth-order valence-corrected chi connectivity index (χ4v) is 1.94. The van der Waals surface area contributed by atoms with E-state index in [2.05, 4.69) is 0 Å². The Bertz CT molecular complexity index is 475. The summed E-state index contributed by atoms with van der Waals surface area (Å²) in [6.45, 7) is 3.81. The fraction of sp³-hybridized carbons (Fsp3) is 0.471. The summed E-state index contributed by atoms with van der Waals surface area (Å²) >= 11 is 0. The first-order valence-corrected chi connectivity index (χ1v) is 7.09. The Morgan fingerprint density at radius 1 is 1.24 bits per heavy atom. The molecule has 0 atom stereocenters. The van der Waals surface area contributed by atoms with Gasteiger partial charge in [0.15, 0.2) is 0 Å². The van der Waals surface area contributed by atoms with Crippen LogP contribution in [0, 0.1) is 12.3 Å². The van der Waals surface area contributed by atoms with Crippen molar-refractivity contribution >= 4 is 12.0 Å². The Hall–Kier alpha value is -1.65. The maximum absolute atomic E-state index is 12.0. The number of amides is 1. The second kappa shape index (κ2) is 7.96. The number of carbonyl (C=O) groups excluding carboxylic acids is 1. The lowest BCUT2D eigenvalue weighted by Gasteiger charge is -2.30. The van der Waals surface area contributed by atoms with Crippen molar-refractivity contribution < 1.29 is 15.0 Å². The standard InChI is InChI=1S/C17H25NO3/c1-14-7-9-15(10-8-14)5-4-6-16(21)18(3)11-17(2,12-19)13-20/h4-5,7-10,19-20H,6,11-13H2,1-3H3/b5-4+. The Kier molecular flexibility index (Phi) is 6.59. The molecule has 21 heavy (non-hydrogen) atoms. The third-order valence-electron chi connectivity index (χ3n) is 3.49. The van der Waals surface area contributed by atoms with Crippen LogP contribution in [0.2, 0.25) is 0 Å². The molecule has 0 unspecified atom stereocenters. The summed E-state index contributed by atoms with van der Waals surface area (Å²) in [7, 11) is 1.69. The van der Waals surface area contributed by atoms with E-state index in [0.29, 0.717) is 13.0 Å². The maximum atomic E-state index is 12.0. The lowest BCUT2D eigenvalue weighted by atomic mass is 9.92. The van der Waals surface area contributed by atoms with E-state index in [1.807, 2.05) is 43.3 Å². The zero-order valence-corrected chi connectivity index (χ0v) is 13.0. The van der Waals surface area contributed by atoms with Crippen molar-refractivity contribution in [3.8, 4) is 0 Å². The first kappa shape index (κ1) is 17.4. The molecule has 0 heterocycles. The molecule has 0 saturated heterocycles. The van der Waals surface area contributed by atoms with Crippen LogP contribution in [-0.4, -0.2) is 47.8 Å². The third kappa shape index (κ3) is 5.69. The lowest BCUT2D eigenvalue weighted by Crippen LogP contribution is -2.41. The van der Waals surface area contributed by atoms with Gasteiger partial charge in [-0.25, -0.2) is 0 Å². The van der Waals surface area contributed by atoms with Gasteiger partial charge in [-0.05, 0) is 12.5 Å². The number of hydrogen-bond acceptors (Lipinski definition) is 3. The highest BCUT2D eigenvalue weighted by Gasteiger charge is 2.25. The van der Waals surface area contributed by atoms with Crippen molar-refractivity contribution in [3.63, 3.8) is 0 Å². The van der Waals surface area contributed by atoms with Gasteiger partial charge in [0.2, 0.25) is 5.91 Å². The van der Waals surface area contributed by atoms with Crippen LogP contribution in [0.5, 0.6) is 0 Å². The van der Waals surface area contributed by atoms with Crippen LogP contribution in [-0.2, 0) is 4.79 Å². The van der Waals surface area contributed by atoms with E-state index in [9.17, 15) is 15.0 Å². The van der Waals surface area contributed by atoms with E-state index in [1.165, 1.54) is 5.56 Å². The first-order valence-electron chi connectivity index (χ1n) is 7.09. The summed E-state index contributed by atoms with van der Waals surface area (Å²) in [6, 6.07) is 8.08. The normalized spacial score (nSPS) is 11.9. The zero-order chi connectivity index (χ0) is 15.9. The number of carbonyl (C=O) groups is 1. The number of benzene rings is 1. The van der Waals surface area contributed by atoms with E-state index in [-0.39, 0.29) is 19.1 Å². The molecule has 116 valence electrons. The number of nitrogens with zero attached hydrogens (tertiary/aromatic N) is 1. The fourth-order valence-electron chi connectivity index (χ4n) is 1.94. The van der Waals surface area contributed by atoms with Gasteiger partial charge in [-0.3, -0.25) is 4.79 Å². The predicted octanol–water partition coefficient (Wildman–Crippen LogP) is 1.85. The van der Waals surface area contributed by atoms with E-state index in [0.717, 1.165) is 5.56 Å². The monoisotopic (exact) mass is 291 g/mol. The van der Waals surface area contributed by atoms with Crippen LogP contribution < -0.4 is 0 Å². The molecule has 0 fully saturated rings. The van der Waals surface area contributed by atoms with Crippen molar-refractivity contribution in [1.29, 1.82) is 0 Å². The summed E-state index contributed by atoms with van der Waals surface area (Å²) in [5.74, 6) is -0.0357. The van der Waals surface area contributed by atoms with Crippen molar-refractivity contribution in [2.24, 2.45) is 5.41 Å². The number of aryl methyl sites for hydroxylation is 1. The number of aliphatic hydroxyl groups excluding tert-OH is 2. The largest absolute Gasteiger partial charge is 0.396 e. The summed E-state index contributed by atoms with van der Waals surface area (Å²) in [5.41, 5.74) is 1.60. The molecule has 1 amide bonds. The predicted molar refractivity (Wildman–Crippen MR) is 84.7 cm³/mol. The van der Waals surface area contributed by atoms with Gasteiger partial charge in [0, 0.05) is 25.4 Å². The molecule has 1 aromatic carbocycles. The van der Waals surface area contributed by atoms with Gasteiger partial charge in [-0.15, -0.1) is 0 Å². The van der Waals surface area contributed by atoms with Crippen molar-refractivity contribution in [2.45, 2.75) is 20.3 Å². The first-order chi connectivity index (χ1) is 9.90. The molecular weight excluding hydrogens is 266 g/mol. The van der Waals surface area contributed by atoms with Gasteiger partial charge >= 0.3 is 0 Å². The van der Waals surface area contributed by atoms with Gasteiger partial charge in [0.05, 0.1) is 13.2 Å². The van der Waals surface area contributed by atoms with E-state index in [4.69, 9.17) is 0 Å². The number of rotatable bonds is 7. The van der Waals surface area contributed by atoms with Crippen LogP contribution in [0.25, 0.3) is 6.08 Å². The maximum Gasteiger partial charge on any atom is 0.226 e. The van der Waals surface area contributed by atoms with Crippen molar-refractivity contribution in [2.75, 3.05) is 26.8 Å². The van der Waals surface area contributed by atoms with E-state index >= 15 is 0 Å². The highest BCUT2D eigenvalue weighted by Crippen LogP contribution is 2.16. The van der Waals surface area contributed by atoms with Crippen LogP contribution in [0.4, 0.5) is 0 Å². The van der Waals surface area contributed by atoms with Gasteiger partial charge in [-0.1, -0.05) is 48.9 Å². The average molecular weight is 291 g/mol. The molecule has 1 rings (SSSR count). The molecular formula is C17H25NO3. The molecule has 1 aromatic rings. The summed E-state index contributed by atoms with van der Waals surface area (Å²) < 4.78 is 0. The molecule has 2 N–H and O–H groups in total. The quantitative estimate of drug-likeness (QED) is 0.806. The number of aliphatic hydroxyl groups is 2. The third-order valence-corrected chi connectivity index (χ3v) is 3.49. The van der Waals surface area contributed by atoms with Crippen molar-refractivity contribution in [1.82, 2.24) is 4.90 Å². The minimum atomic E-state index is -0.662. The van der Waals surface area contributed by atoms with Crippen LogP contribution in [0.3, 0.4) is 0 Å². The smallest absolute Gasteiger partial charge is 0.226 e. The van der Waals surface area contributed by atoms with Crippen LogP contribution in [0.15, 0.2) is 30.3 Å². The summed E-state index contributed by atoms with van der Waals surface area (Å²) in [5, 5.41) is 18.5. The Morgan fingerprint density at radius 2 is 1.81 bits per heavy atom. The molecule has 0 spiro atoms. The molecule has 4 nitrogen and oxygen atoms in total. The zero-order valence-electron chi connectivity index (χ0n) is 13.0. The molecule has 0 saturated carbocycles. The van der Waals surface area contributed by atoms with E-state index in [1.54, 1.807) is 18.9 Å².